The standard InChI is InChI=1S/C17H27N3O2/c1-5-14-11-15(19-12-18-14)20-8-6-13(7-9-20)10-16(21)22-17(2,3)4/h11-13H,5-10H2,1-4H3. The summed E-state index contributed by atoms with van der Waals surface area (Å²) in [5.74, 6) is 1.34. The number of esters is 1. The summed E-state index contributed by atoms with van der Waals surface area (Å²) in [6.07, 6.45) is 5.09. The lowest BCUT2D eigenvalue weighted by Gasteiger charge is -2.33. The highest BCUT2D eigenvalue weighted by atomic mass is 16.6. The van der Waals surface area contributed by atoms with Gasteiger partial charge in [0, 0.05) is 31.3 Å². The van der Waals surface area contributed by atoms with Crippen molar-refractivity contribution in [2.75, 3.05) is 18.0 Å². The van der Waals surface area contributed by atoms with Gasteiger partial charge in [-0.2, -0.15) is 0 Å². The van der Waals surface area contributed by atoms with Gasteiger partial charge in [-0.3, -0.25) is 4.79 Å². The smallest absolute Gasteiger partial charge is 0.306 e. The van der Waals surface area contributed by atoms with Crippen LogP contribution in [0.1, 0.15) is 52.7 Å². The Hall–Kier alpha value is -1.65. The molecule has 1 aliphatic rings. The van der Waals surface area contributed by atoms with Crippen LogP contribution in [0.15, 0.2) is 12.4 Å². The molecule has 122 valence electrons. The minimum absolute atomic E-state index is 0.0822. The minimum atomic E-state index is -0.394. The van der Waals surface area contributed by atoms with Gasteiger partial charge < -0.3 is 9.64 Å². The maximum Gasteiger partial charge on any atom is 0.306 e. The molecule has 0 N–H and O–H groups in total. The number of nitrogens with zero attached hydrogens (tertiary/aromatic N) is 3. The van der Waals surface area contributed by atoms with Crippen LogP contribution in [0.2, 0.25) is 0 Å². The van der Waals surface area contributed by atoms with Crippen molar-refractivity contribution < 1.29 is 9.53 Å². The van der Waals surface area contributed by atoms with Crippen molar-refractivity contribution in [1.82, 2.24) is 9.97 Å². The maximum absolute atomic E-state index is 11.9. The fraction of sp³-hybridized carbons (Fsp3) is 0.706. The predicted octanol–water partition coefficient (Wildman–Crippen LogP) is 2.99. The largest absolute Gasteiger partial charge is 0.460 e. The van der Waals surface area contributed by atoms with Crippen LogP contribution in [0.4, 0.5) is 5.82 Å². The Morgan fingerprint density at radius 2 is 2.00 bits per heavy atom. The van der Waals surface area contributed by atoms with Gasteiger partial charge in [0.15, 0.2) is 0 Å². The van der Waals surface area contributed by atoms with Gasteiger partial charge in [-0.15, -0.1) is 0 Å². The van der Waals surface area contributed by atoms with E-state index in [0.29, 0.717) is 12.3 Å². The first-order valence-electron chi connectivity index (χ1n) is 8.15. The number of aromatic nitrogens is 2. The summed E-state index contributed by atoms with van der Waals surface area (Å²) >= 11 is 0. The Morgan fingerprint density at radius 3 is 2.59 bits per heavy atom. The van der Waals surface area contributed by atoms with Crippen LogP contribution in [0.25, 0.3) is 0 Å². The molecule has 0 saturated carbocycles. The second-order valence-corrected chi connectivity index (χ2v) is 6.94. The van der Waals surface area contributed by atoms with Crippen molar-refractivity contribution >= 4 is 11.8 Å². The lowest BCUT2D eigenvalue weighted by molar-refractivity contribution is -0.156. The van der Waals surface area contributed by atoms with Gasteiger partial charge in [0.2, 0.25) is 0 Å². The molecule has 1 fully saturated rings. The fourth-order valence-electron chi connectivity index (χ4n) is 2.74. The lowest BCUT2D eigenvalue weighted by Crippen LogP contribution is -2.35. The zero-order chi connectivity index (χ0) is 16.2. The van der Waals surface area contributed by atoms with E-state index in [0.717, 1.165) is 43.9 Å². The third-order valence-electron chi connectivity index (χ3n) is 3.89. The third kappa shape index (κ3) is 4.97. The van der Waals surface area contributed by atoms with Gasteiger partial charge >= 0.3 is 5.97 Å². The molecule has 0 atom stereocenters. The number of piperidine rings is 1. The number of aryl methyl sites for hydroxylation is 1. The van der Waals surface area contributed by atoms with E-state index in [-0.39, 0.29) is 5.97 Å². The Kier molecular flexibility index (Phi) is 5.37. The Balaban J connectivity index is 1.84. The number of anilines is 1. The second-order valence-electron chi connectivity index (χ2n) is 6.94. The van der Waals surface area contributed by atoms with Gasteiger partial charge in [-0.1, -0.05) is 6.92 Å². The highest BCUT2D eigenvalue weighted by molar-refractivity contribution is 5.70. The first kappa shape index (κ1) is 16.7. The summed E-state index contributed by atoms with van der Waals surface area (Å²) in [5, 5.41) is 0. The SMILES string of the molecule is CCc1cc(N2CCC(CC(=O)OC(C)(C)C)CC2)ncn1. The lowest BCUT2D eigenvalue weighted by atomic mass is 9.93. The van der Waals surface area contributed by atoms with Gasteiger partial charge in [-0.25, -0.2) is 9.97 Å². The van der Waals surface area contributed by atoms with Crippen molar-refractivity contribution in [2.45, 2.75) is 59.0 Å². The summed E-state index contributed by atoms with van der Waals surface area (Å²) < 4.78 is 5.41. The van der Waals surface area contributed by atoms with Gasteiger partial charge in [-0.05, 0) is 46.0 Å². The molecule has 0 radical (unpaired) electrons. The van der Waals surface area contributed by atoms with E-state index in [1.165, 1.54) is 0 Å². The third-order valence-corrected chi connectivity index (χ3v) is 3.89. The van der Waals surface area contributed by atoms with Gasteiger partial charge in [0.25, 0.3) is 0 Å². The van der Waals surface area contributed by atoms with Gasteiger partial charge in [0.1, 0.15) is 17.7 Å². The van der Waals surface area contributed by atoms with Crippen molar-refractivity contribution in [3.8, 4) is 0 Å². The first-order valence-corrected chi connectivity index (χ1v) is 8.15. The maximum atomic E-state index is 11.9. The minimum Gasteiger partial charge on any atom is -0.460 e. The summed E-state index contributed by atoms with van der Waals surface area (Å²) in [4.78, 5) is 22.8. The number of hydrogen-bond acceptors (Lipinski definition) is 5. The molecule has 1 aromatic heterocycles. The summed E-state index contributed by atoms with van der Waals surface area (Å²) in [6.45, 7) is 9.70. The molecule has 5 heteroatoms. The predicted molar refractivity (Wildman–Crippen MR) is 86.8 cm³/mol. The number of hydrogen-bond donors (Lipinski definition) is 0. The Labute approximate surface area is 133 Å². The average molecular weight is 305 g/mol. The molecule has 0 aliphatic carbocycles. The van der Waals surface area contributed by atoms with Crippen LogP contribution in [0.3, 0.4) is 0 Å². The van der Waals surface area contributed by atoms with Crippen molar-refractivity contribution in [3.63, 3.8) is 0 Å². The van der Waals surface area contributed by atoms with E-state index in [9.17, 15) is 4.79 Å². The summed E-state index contributed by atoms with van der Waals surface area (Å²) in [7, 11) is 0. The molecule has 1 aliphatic heterocycles. The van der Waals surface area contributed by atoms with Crippen molar-refractivity contribution in [2.24, 2.45) is 5.92 Å². The molecule has 0 unspecified atom stereocenters. The normalized spacial score (nSPS) is 16.6. The van der Waals surface area contributed by atoms with Crippen molar-refractivity contribution in [1.29, 1.82) is 0 Å². The number of carbonyl (C=O) groups is 1. The van der Waals surface area contributed by atoms with Crippen LogP contribution in [0, 0.1) is 5.92 Å². The molecule has 1 aromatic rings. The first-order chi connectivity index (χ1) is 10.4. The van der Waals surface area contributed by atoms with Crippen LogP contribution < -0.4 is 4.90 Å². The number of carbonyl (C=O) groups excluding carboxylic acids is 1. The summed E-state index contributed by atoms with van der Waals surface area (Å²) in [6, 6.07) is 2.06. The molecule has 2 rings (SSSR count). The van der Waals surface area contributed by atoms with E-state index >= 15 is 0 Å². The zero-order valence-electron chi connectivity index (χ0n) is 14.1. The van der Waals surface area contributed by atoms with E-state index in [4.69, 9.17) is 4.74 Å². The molecular formula is C17H27N3O2. The van der Waals surface area contributed by atoms with E-state index in [1.54, 1.807) is 6.33 Å². The quantitative estimate of drug-likeness (QED) is 0.800. The van der Waals surface area contributed by atoms with E-state index < -0.39 is 5.60 Å². The second kappa shape index (κ2) is 7.07. The fourth-order valence-corrected chi connectivity index (χ4v) is 2.74. The van der Waals surface area contributed by atoms with Crippen LogP contribution in [0.5, 0.6) is 0 Å². The molecule has 22 heavy (non-hydrogen) atoms. The molecule has 0 aromatic carbocycles. The molecule has 5 nitrogen and oxygen atoms in total. The molecule has 0 bridgehead atoms. The molecule has 0 spiro atoms. The van der Waals surface area contributed by atoms with Crippen LogP contribution in [-0.2, 0) is 16.0 Å². The van der Waals surface area contributed by atoms with Crippen LogP contribution in [-0.4, -0.2) is 34.6 Å². The van der Waals surface area contributed by atoms with Crippen molar-refractivity contribution in [3.05, 3.63) is 18.1 Å². The average Bonchev–Trinajstić information content (AvgIpc) is 2.46. The molecule has 1 saturated heterocycles. The highest BCUT2D eigenvalue weighted by Crippen LogP contribution is 2.25. The highest BCUT2D eigenvalue weighted by Gasteiger charge is 2.25. The molecular weight excluding hydrogens is 278 g/mol. The molecule has 0 amide bonds. The monoisotopic (exact) mass is 305 g/mol. The molecule has 2 heterocycles. The Morgan fingerprint density at radius 1 is 1.32 bits per heavy atom. The van der Waals surface area contributed by atoms with E-state index in [2.05, 4.69) is 27.9 Å². The van der Waals surface area contributed by atoms with Crippen LogP contribution >= 0.6 is 0 Å². The number of rotatable bonds is 4. The zero-order valence-corrected chi connectivity index (χ0v) is 14.1. The van der Waals surface area contributed by atoms with Gasteiger partial charge in [0.05, 0.1) is 0 Å². The number of ether oxygens (including phenoxy) is 1. The van der Waals surface area contributed by atoms with E-state index in [1.807, 2.05) is 20.8 Å². The Bertz CT molecular complexity index is 503. The topological polar surface area (TPSA) is 55.3 Å². The summed E-state index contributed by atoms with van der Waals surface area (Å²) in [5.41, 5.74) is 0.677.